The van der Waals surface area contributed by atoms with Crippen LogP contribution in [0.5, 0.6) is 0 Å². The monoisotopic (exact) mass is 370 g/mol. The number of amides is 2. The number of nitrogens with one attached hydrogen (secondary N) is 1. The number of hydrogen-bond donors (Lipinski definition) is 2. The van der Waals surface area contributed by atoms with Crippen LogP contribution < -0.4 is 11.1 Å². The van der Waals surface area contributed by atoms with Gasteiger partial charge in [-0.2, -0.15) is 0 Å². The fourth-order valence-corrected chi connectivity index (χ4v) is 2.89. The second-order valence-electron chi connectivity index (χ2n) is 6.43. The molecule has 28 heavy (non-hydrogen) atoms. The maximum absolute atomic E-state index is 12.1. The van der Waals surface area contributed by atoms with E-state index in [4.69, 9.17) is 5.73 Å². The van der Waals surface area contributed by atoms with Crippen molar-refractivity contribution in [3.8, 4) is 11.1 Å². The van der Waals surface area contributed by atoms with Crippen LogP contribution in [0, 0.1) is 0 Å². The number of carbonyl (C=O) groups is 2. The molecule has 0 saturated heterocycles. The Morgan fingerprint density at radius 3 is 2.39 bits per heavy atom. The Labute approximate surface area is 164 Å². The summed E-state index contributed by atoms with van der Waals surface area (Å²) in [5, 5.41) is 2.85. The number of rotatable bonds is 7. The Balaban J connectivity index is 1.54. The first kappa shape index (κ1) is 19.1. The summed E-state index contributed by atoms with van der Waals surface area (Å²) < 4.78 is 0. The molecule has 0 atom stereocenters. The lowest BCUT2D eigenvalue weighted by Crippen LogP contribution is -2.23. The molecule has 0 spiro atoms. The highest BCUT2D eigenvalue weighted by atomic mass is 16.1. The highest BCUT2D eigenvalue weighted by molar-refractivity contribution is 5.93. The number of carbonyl (C=O) groups excluding carboxylic acids is 2. The second kappa shape index (κ2) is 9.33. The van der Waals surface area contributed by atoms with Gasteiger partial charge in [0.1, 0.15) is 0 Å². The van der Waals surface area contributed by atoms with Crippen molar-refractivity contribution >= 4 is 17.9 Å². The maximum atomic E-state index is 12.1. The van der Waals surface area contributed by atoms with Crippen molar-refractivity contribution in [2.45, 2.75) is 6.42 Å². The average molecular weight is 370 g/mol. The summed E-state index contributed by atoms with van der Waals surface area (Å²) in [5.74, 6) is -0.609. The van der Waals surface area contributed by atoms with Gasteiger partial charge in [-0.25, -0.2) is 0 Å². The molecule has 2 amide bonds. The average Bonchev–Trinajstić information content (AvgIpc) is 2.73. The molecule has 3 aromatic carbocycles. The molecule has 0 saturated carbocycles. The Morgan fingerprint density at radius 1 is 0.857 bits per heavy atom. The van der Waals surface area contributed by atoms with Crippen molar-refractivity contribution in [2.24, 2.45) is 5.73 Å². The third-order valence-electron chi connectivity index (χ3n) is 4.35. The Hall–Kier alpha value is -3.66. The highest BCUT2D eigenvalue weighted by Gasteiger charge is 2.02. The van der Waals surface area contributed by atoms with Gasteiger partial charge in [0.15, 0.2) is 0 Å². The number of hydrogen-bond acceptors (Lipinski definition) is 2. The van der Waals surface area contributed by atoms with Crippen molar-refractivity contribution in [3.05, 3.63) is 102 Å². The van der Waals surface area contributed by atoms with E-state index < -0.39 is 5.91 Å². The predicted octanol–water partition coefficient (Wildman–Crippen LogP) is 3.82. The third kappa shape index (κ3) is 5.42. The number of primary amides is 1. The summed E-state index contributed by atoms with van der Waals surface area (Å²) >= 11 is 0. The highest BCUT2D eigenvalue weighted by Crippen LogP contribution is 2.20. The minimum Gasteiger partial charge on any atom is -0.366 e. The second-order valence-corrected chi connectivity index (χ2v) is 6.43. The van der Waals surface area contributed by atoms with Crippen LogP contribution in [0.15, 0.2) is 84.9 Å². The molecule has 140 valence electrons. The maximum Gasteiger partial charge on any atom is 0.248 e. The van der Waals surface area contributed by atoms with Crippen molar-refractivity contribution in [1.82, 2.24) is 5.32 Å². The van der Waals surface area contributed by atoms with Crippen molar-refractivity contribution in [1.29, 1.82) is 0 Å². The van der Waals surface area contributed by atoms with Gasteiger partial charge in [-0.3, -0.25) is 9.59 Å². The SMILES string of the molecule is NC(=O)c1cccc(CCNC(=O)/C=C/c2cccc(-c3ccccc3)c2)c1. The summed E-state index contributed by atoms with van der Waals surface area (Å²) in [6, 6.07) is 25.3. The molecular weight excluding hydrogens is 348 g/mol. The molecule has 0 aliphatic carbocycles. The van der Waals surface area contributed by atoms with E-state index in [0.717, 1.165) is 22.3 Å². The fraction of sp³-hybridized carbons (Fsp3) is 0.0833. The van der Waals surface area contributed by atoms with Crippen LogP contribution in [-0.2, 0) is 11.2 Å². The molecule has 0 radical (unpaired) electrons. The molecule has 0 aliphatic rings. The van der Waals surface area contributed by atoms with Crippen LogP contribution in [0.1, 0.15) is 21.5 Å². The molecule has 0 aliphatic heterocycles. The lowest BCUT2D eigenvalue weighted by atomic mass is 10.0. The van der Waals surface area contributed by atoms with Gasteiger partial charge in [-0.1, -0.05) is 60.7 Å². The molecule has 0 bridgehead atoms. The summed E-state index contributed by atoms with van der Waals surface area (Å²) in [6.45, 7) is 0.482. The van der Waals surface area contributed by atoms with Crippen LogP contribution in [0.3, 0.4) is 0 Å². The van der Waals surface area contributed by atoms with Gasteiger partial charge in [-0.05, 0) is 52.9 Å². The van der Waals surface area contributed by atoms with E-state index in [1.165, 1.54) is 6.08 Å². The van der Waals surface area contributed by atoms with Gasteiger partial charge < -0.3 is 11.1 Å². The molecule has 0 fully saturated rings. The largest absolute Gasteiger partial charge is 0.366 e. The van der Waals surface area contributed by atoms with E-state index >= 15 is 0 Å². The first-order valence-electron chi connectivity index (χ1n) is 9.12. The van der Waals surface area contributed by atoms with Gasteiger partial charge >= 0.3 is 0 Å². The Kier molecular flexibility index (Phi) is 6.37. The standard InChI is InChI=1S/C24H22N2O2/c25-24(28)22-11-5-7-19(17-22)14-15-26-23(27)13-12-18-6-4-10-21(16-18)20-8-2-1-3-9-20/h1-13,16-17H,14-15H2,(H2,25,28)(H,26,27)/b13-12+. The summed E-state index contributed by atoms with van der Waals surface area (Å²) in [4.78, 5) is 23.3. The lowest BCUT2D eigenvalue weighted by molar-refractivity contribution is -0.116. The number of nitrogens with two attached hydrogens (primary N) is 1. The van der Waals surface area contributed by atoms with Crippen LogP contribution in [0.4, 0.5) is 0 Å². The molecule has 0 aromatic heterocycles. The zero-order valence-electron chi connectivity index (χ0n) is 15.5. The summed E-state index contributed by atoms with van der Waals surface area (Å²) in [6.07, 6.45) is 3.96. The first-order chi connectivity index (χ1) is 13.6. The van der Waals surface area contributed by atoms with Crippen LogP contribution in [-0.4, -0.2) is 18.4 Å². The van der Waals surface area contributed by atoms with E-state index in [1.807, 2.05) is 42.5 Å². The normalized spacial score (nSPS) is 10.7. The van der Waals surface area contributed by atoms with Gasteiger partial charge in [0.05, 0.1) is 0 Å². The summed E-state index contributed by atoms with van der Waals surface area (Å²) in [5.41, 5.74) is 9.92. The van der Waals surface area contributed by atoms with E-state index in [0.29, 0.717) is 18.5 Å². The van der Waals surface area contributed by atoms with Gasteiger partial charge in [0.2, 0.25) is 11.8 Å². The zero-order valence-corrected chi connectivity index (χ0v) is 15.5. The molecule has 4 heteroatoms. The van der Waals surface area contributed by atoms with Crippen molar-refractivity contribution < 1.29 is 9.59 Å². The molecule has 3 N–H and O–H groups in total. The van der Waals surface area contributed by atoms with Crippen molar-refractivity contribution in [2.75, 3.05) is 6.54 Å². The molecule has 3 aromatic rings. The Bertz CT molecular complexity index is 994. The van der Waals surface area contributed by atoms with Crippen LogP contribution in [0.2, 0.25) is 0 Å². The van der Waals surface area contributed by atoms with Crippen LogP contribution in [0.25, 0.3) is 17.2 Å². The van der Waals surface area contributed by atoms with E-state index in [-0.39, 0.29) is 5.91 Å². The molecule has 0 heterocycles. The molecular formula is C24H22N2O2. The zero-order chi connectivity index (χ0) is 19.8. The van der Waals surface area contributed by atoms with E-state index in [2.05, 4.69) is 23.5 Å². The van der Waals surface area contributed by atoms with Gasteiger partial charge in [0, 0.05) is 18.2 Å². The lowest BCUT2D eigenvalue weighted by Gasteiger charge is -2.05. The minimum absolute atomic E-state index is 0.156. The van der Waals surface area contributed by atoms with E-state index in [1.54, 1.807) is 24.3 Å². The predicted molar refractivity (Wildman–Crippen MR) is 113 cm³/mol. The Morgan fingerprint density at radius 2 is 1.61 bits per heavy atom. The van der Waals surface area contributed by atoms with Gasteiger partial charge in [0.25, 0.3) is 0 Å². The van der Waals surface area contributed by atoms with Gasteiger partial charge in [-0.15, -0.1) is 0 Å². The number of benzene rings is 3. The third-order valence-corrected chi connectivity index (χ3v) is 4.35. The summed E-state index contributed by atoms with van der Waals surface area (Å²) in [7, 11) is 0. The fourth-order valence-electron chi connectivity index (χ4n) is 2.89. The minimum atomic E-state index is -0.452. The first-order valence-corrected chi connectivity index (χ1v) is 9.12. The quantitative estimate of drug-likeness (QED) is 0.621. The topological polar surface area (TPSA) is 72.2 Å². The van der Waals surface area contributed by atoms with E-state index in [9.17, 15) is 9.59 Å². The van der Waals surface area contributed by atoms with Crippen LogP contribution >= 0.6 is 0 Å². The molecule has 0 unspecified atom stereocenters. The molecule has 3 rings (SSSR count). The molecule has 4 nitrogen and oxygen atoms in total. The van der Waals surface area contributed by atoms with Crippen molar-refractivity contribution in [3.63, 3.8) is 0 Å². The smallest absolute Gasteiger partial charge is 0.248 e.